The van der Waals surface area contributed by atoms with E-state index < -0.39 is 5.82 Å². The van der Waals surface area contributed by atoms with E-state index in [2.05, 4.69) is 17.1 Å². The number of morpholine rings is 1. The first-order valence-corrected chi connectivity index (χ1v) is 7.08. The Bertz CT molecular complexity index is 422. The van der Waals surface area contributed by atoms with Crippen LogP contribution >= 0.6 is 23.2 Å². The second-order valence-electron chi connectivity index (χ2n) is 4.52. The van der Waals surface area contributed by atoms with Crippen LogP contribution in [-0.4, -0.2) is 43.8 Å². The zero-order valence-electron chi connectivity index (χ0n) is 10.8. The lowest BCUT2D eigenvalue weighted by atomic mass is 10.2. The Kier molecular flexibility index (Phi) is 5.28. The van der Waals surface area contributed by atoms with Crippen molar-refractivity contribution in [3.05, 3.63) is 28.0 Å². The highest BCUT2D eigenvalue weighted by Gasteiger charge is 2.19. The lowest BCUT2D eigenvalue weighted by Crippen LogP contribution is -2.45. The number of ether oxygens (including phenoxy) is 1. The lowest BCUT2D eigenvalue weighted by molar-refractivity contribution is -0.0191. The third kappa shape index (κ3) is 3.96. The highest BCUT2D eigenvalue weighted by atomic mass is 35.5. The molecule has 1 aliphatic heterocycles. The van der Waals surface area contributed by atoms with Crippen LogP contribution in [0.15, 0.2) is 12.1 Å². The molecule has 3 nitrogen and oxygen atoms in total. The van der Waals surface area contributed by atoms with Gasteiger partial charge in [-0.15, -0.1) is 0 Å². The largest absolute Gasteiger partial charge is 0.382 e. The molecule has 1 saturated heterocycles. The minimum atomic E-state index is -0.583. The summed E-state index contributed by atoms with van der Waals surface area (Å²) in [7, 11) is 0. The van der Waals surface area contributed by atoms with Gasteiger partial charge in [-0.2, -0.15) is 0 Å². The normalized spacial score (nSPS) is 20.5. The monoisotopic (exact) mass is 306 g/mol. The van der Waals surface area contributed by atoms with Crippen LogP contribution in [0.1, 0.15) is 6.92 Å². The summed E-state index contributed by atoms with van der Waals surface area (Å²) < 4.78 is 19.0. The molecule has 1 heterocycles. The van der Waals surface area contributed by atoms with Crippen LogP contribution in [0.2, 0.25) is 10.0 Å². The molecule has 0 aliphatic carbocycles. The van der Waals surface area contributed by atoms with Gasteiger partial charge in [-0.05, 0) is 18.7 Å². The second kappa shape index (κ2) is 6.75. The predicted octanol–water partition coefficient (Wildman–Crippen LogP) is 3.27. The van der Waals surface area contributed by atoms with Crippen LogP contribution in [-0.2, 0) is 4.74 Å². The summed E-state index contributed by atoms with van der Waals surface area (Å²) in [5, 5.41) is 3.23. The Balaban J connectivity index is 1.91. The summed E-state index contributed by atoms with van der Waals surface area (Å²) in [4.78, 5) is 2.33. The smallest absolute Gasteiger partial charge is 0.160 e. The van der Waals surface area contributed by atoms with Crippen molar-refractivity contribution in [2.45, 2.75) is 13.0 Å². The molecule has 1 aliphatic rings. The summed E-state index contributed by atoms with van der Waals surface area (Å²) in [5.74, 6) is -0.583. The minimum absolute atomic E-state index is 0.0229. The van der Waals surface area contributed by atoms with E-state index in [9.17, 15) is 4.39 Å². The van der Waals surface area contributed by atoms with Crippen molar-refractivity contribution >= 4 is 28.9 Å². The third-order valence-electron chi connectivity index (χ3n) is 3.19. The van der Waals surface area contributed by atoms with Gasteiger partial charge in [0, 0.05) is 25.3 Å². The maximum atomic E-state index is 13.3. The van der Waals surface area contributed by atoms with Gasteiger partial charge in [0.1, 0.15) is 0 Å². The first-order chi connectivity index (χ1) is 9.10. The van der Waals surface area contributed by atoms with Crippen LogP contribution in [0.5, 0.6) is 0 Å². The molecule has 1 aromatic carbocycles. The highest BCUT2D eigenvalue weighted by molar-refractivity contribution is 6.35. The van der Waals surface area contributed by atoms with Crippen LogP contribution in [0, 0.1) is 5.82 Å². The van der Waals surface area contributed by atoms with Gasteiger partial charge in [0.25, 0.3) is 0 Å². The Morgan fingerprint density at radius 2 is 2.11 bits per heavy atom. The van der Waals surface area contributed by atoms with E-state index in [4.69, 9.17) is 27.9 Å². The number of nitrogens with zero attached hydrogens (tertiary/aromatic N) is 1. The molecule has 1 aromatic rings. The zero-order valence-corrected chi connectivity index (χ0v) is 12.3. The van der Waals surface area contributed by atoms with Gasteiger partial charge < -0.3 is 10.1 Å². The van der Waals surface area contributed by atoms with Crippen molar-refractivity contribution < 1.29 is 9.13 Å². The molecule has 1 N–H and O–H groups in total. The minimum Gasteiger partial charge on any atom is -0.382 e. The number of halogens is 3. The summed E-state index contributed by atoms with van der Waals surface area (Å²) in [6, 6.07) is 3.06. The Hall–Kier alpha value is -0.550. The SMILES string of the molecule is CCN1CCOC(CNc2cc(Cl)c(F)c(Cl)c2)C1. The average molecular weight is 307 g/mol. The first kappa shape index (κ1) is 14.9. The zero-order chi connectivity index (χ0) is 13.8. The van der Waals surface area contributed by atoms with Gasteiger partial charge in [0.2, 0.25) is 0 Å². The van der Waals surface area contributed by atoms with Crippen molar-refractivity contribution in [3.63, 3.8) is 0 Å². The molecule has 2 rings (SSSR count). The number of hydrogen-bond donors (Lipinski definition) is 1. The summed E-state index contributed by atoms with van der Waals surface area (Å²) in [5.41, 5.74) is 0.702. The van der Waals surface area contributed by atoms with E-state index in [1.807, 2.05) is 0 Å². The van der Waals surface area contributed by atoms with Gasteiger partial charge in [-0.1, -0.05) is 30.1 Å². The Morgan fingerprint density at radius 3 is 2.74 bits per heavy atom. The molecule has 19 heavy (non-hydrogen) atoms. The van der Waals surface area contributed by atoms with E-state index in [1.165, 1.54) is 12.1 Å². The lowest BCUT2D eigenvalue weighted by Gasteiger charge is -2.32. The quantitative estimate of drug-likeness (QED) is 0.864. The number of benzene rings is 1. The van der Waals surface area contributed by atoms with Crippen molar-refractivity contribution in [2.75, 3.05) is 38.1 Å². The van der Waals surface area contributed by atoms with Gasteiger partial charge in [-0.25, -0.2) is 4.39 Å². The standard InChI is InChI=1S/C13H17Cl2FN2O/c1-2-18-3-4-19-10(8-18)7-17-9-5-11(14)13(16)12(15)6-9/h5-6,10,17H,2-4,7-8H2,1H3. The average Bonchev–Trinajstić information content (AvgIpc) is 2.42. The first-order valence-electron chi connectivity index (χ1n) is 6.32. The molecule has 106 valence electrons. The van der Waals surface area contributed by atoms with Crippen molar-refractivity contribution in [1.82, 2.24) is 4.90 Å². The van der Waals surface area contributed by atoms with Crippen LogP contribution in [0.25, 0.3) is 0 Å². The molecule has 0 radical (unpaired) electrons. The molecule has 1 unspecified atom stereocenters. The van der Waals surface area contributed by atoms with Crippen LogP contribution in [0.3, 0.4) is 0 Å². The van der Waals surface area contributed by atoms with Crippen molar-refractivity contribution in [3.8, 4) is 0 Å². The highest BCUT2D eigenvalue weighted by Crippen LogP contribution is 2.27. The van der Waals surface area contributed by atoms with Gasteiger partial charge in [-0.3, -0.25) is 4.90 Å². The molecular weight excluding hydrogens is 290 g/mol. The molecule has 0 amide bonds. The number of likely N-dealkylation sites (N-methyl/N-ethyl adjacent to an activating group) is 1. The molecule has 6 heteroatoms. The predicted molar refractivity (Wildman–Crippen MR) is 76.8 cm³/mol. The molecule has 0 aromatic heterocycles. The molecule has 0 saturated carbocycles. The van der Waals surface area contributed by atoms with E-state index in [0.29, 0.717) is 12.2 Å². The molecule has 1 atom stereocenters. The van der Waals surface area contributed by atoms with E-state index in [1.54, 1.807) is 0 Å². The maximum Gasteiger partial charge on any atom is 0.160 e. The number of rotatable bonds is 4. The fourth-order valence-electron chi connectivity index (χ4n) is 2.08. The number of hydrogen-bond acceptors (Lipinski definition) is 3. The number of anilines is 1. The van der Waals surface area contributed by atoms with E-state index in [-0.39, 0.29) is 16.1 Å². The van der Waals surface area contributed by atoms with Crippen LogP contribution < -0.4 is 5.32 Å². The van der Waals surface area contributed by atoms with Crippen molar-refractivity contribution in [2.24, 2.45) is 0 Å². The molecular formula is C13H17Cl2FN2O. The molecule has 0 spiro atoms. The second-order valence-corrected chi connectivity index (χ2v) is 5.34. The summed E-state index contributed by atoms with van der Waals surface area (Å²) >= 11 is 11.5. The fourth-order valence-corrected chi connectivity index (χ4v) is 2.57. The number of nitrogens with one attached hydrogen (secondary N) is 1. The maximum absolute atomic E-state index is 13.3. The van der Waals surface area contributed by atoms with E-state index in [0.717, 1.165) is 26.2 Å². The fraction of sp³-hybridized carbons (Fsp3) is 0.538. The van der Waals surface area contributed by atoms with Gasteiger partial charge >= 0.3 is 0 Å². The van der Waals surface area contributed by atoms with Crippen molar-refractivity contribution in [1.29, 1.82) is 0 Å². The van der Waals surface area contributed by atoms with Gasteiger partial charge in [0.15, 0.2) is 5.82 Å². The Labute approximate surface area is 122 Å². The van der Waals surface area contributed by atoms with E-state index >= 15 is 0 Å². The topological polar surface area (TPSA) is 24.5 Å². The summed E-state index contributed by atoms with van der Waals surface area (Å²) in [6.07, 6.45) is 0.122. The third-order valence-corrected chi connectivity index (χ3v) is 3.74. The molecule has 0 bridgehead atoms. The Morgan fingerprint density at radius 1 is 1.42 bits per heavy atom. The summed E-state index contributed by atoms with van der Waals surface area (Å²) in [6.45, 7) is 6.41. The molecule has 1 fully saturated rings. The van der Waals surface area contributed by atoms with Gasteiger partial charge in [0.05, 0.1) is 22.8 Å². The van der Waals surface area contributed by atoms with Crippen LogP contribution in [0.4, 0.5) is 10.1 Å².